The van der Waals surface area contributed by atoms with Gasteiger partial charge in [0.25, 0.3) is 0 Å². The summed E-state index contributed by atoms with van der Waals surface area (Å²) < 4.78 is 18.5. The summed E-state index contributed by atoms with van der Waals surface area (Å²) in [4.78, 5) is 11.8. The molecule has 2 atom stereocenters. The maximum absolute atomic E-state index is 13.5. The van der Waals surface area contributed by atoms with E-state index in [1.807, 2.05) is 18.2 Å². The lowest BCUT2D eigenvalue weighted by Gasteiger charge is -2.21. The molecule has 0 aromatic heterocycles. The molecule has 0 fully saturated rings. The number of ether oxygens (including phenoxy) is 1. The quantitative estimate of drug-likeness (QED) is 0.936. The molecular weight excluding hydrogens is 293 g/mol. The van der Waals surface area contributed by atoms with E-state index in [1.54, 1.807) is 13.0 Å². The number of carbonyl (C=O) groups excluding carboxylic acids is 1. The van der Waals surface area contributed by atoms with Gasteiger partial charge in [-0.3, -0.25) is 0 Å². The standard InChI is InChI=1S/C19H19FNO2/c1-2-23-19(22)21-18-12-14-11-15(20)8-9-16(14)17(18)10-13-6-4-3-5-7-13/h3-7,9,11,17-18H,2,10,12H2,1H3,(H,21,22). The fourth-order valence-electron chi connectivity index (χ4n) is 3.23. The van der Waals surface area contributed by atoms with Crippen LogP contribution in [0.4, 0.5) is 9.18 Å². The van der Waals surface area contributed by atoms with Crippen molar-refractivity contribution in [3.63, 3.8) is 0 Å². The Morgan fingerprint density at radius 3 is 2.91 bits per heavy atom. The van der Waals surface area contributed by atoms with Gasteiger partial charge >= 0.3 is 6.09 Å². The number of alkyl carbamates (subject to hydrolysis) is 1. The molecule has 2 aromatic rings. The van der Waals surface area contributed by atoms with Crippen molar-refractivity contribution in [1.29, 1.82) is 0 Å². The topological polar surface area (TPSA) is 38.3 Å². The molecule has 4 heteroatoms. The molecule has 1 aliphatic carbocycles. The fraction of sp³-hybridized carbons (Fsp3) is 0.316. The summed E-state index contributed by atoms with van der Waals surface area (Å²) in [5.74, 6) is -0.271. The Labute approximate surface area is 135 Å². The van der Waals surface area contributed by atoms with Crippen molar-refractivity contribution < 1.29 is 13.9 Å². The Morgan fingerprint density at radius 2 is 2.17 bits per heavy atom. The molecule has 0 spiro atoms. The Kier molecular flexibility index (Phi) is 4.60. The number of carbonyl (C=O) groups is 1. The van der Waals surface area contributed by atoms with Crippen molar-refractivity contribution in [2.45, 2.75) is 31.7 Å². The minimum atomic E-state index is -0.423. The number of halogens is 1. The summed E-state index contributed by atoms with van der Waals surface area (Å²) in [7, 11) is 0. The van der Waals surface area contributed by atoms with Gasteiger partial charge in [0.15, 0.2) is 0 Å². The molecule has 0 heterocycles. The third-order valence-electron chi connectivity index (χ3n) is 4.24. The van der Waals surface area contributed by atoms with Crippen LogP contribution < -0.4 is 5.32 Å². The van der Waals surface area contributed by atoms with Gasteiger partial charge in [-0.1, -0.05) is 30.3 Å². The molecule has 3 rings (SSSR count). The highest BCUT2D eigenvalue weighted by atomic mass is 19.1. The molecule has 0 saturated carbocycles. The van der Waals surface area contributed by atoms with Crippen molar-refractivity contribution in [2.75, 3.05) is 6.61 Å². The van der Waals surface area contributed by atoms with E-state index in [2.05, 4.69) is 23.5 Å². The second kappa shape index (κ2) is 6.82. The number of benzene rings is 2. The van der Waals surface area contributed by atoms with E-state index in [0.29, 0.717) is 13.0 Å². The number of amides is 1. The van der Waals surface area contributed by atoms with Crippen LogP contribution in [-0.2, 0) is 17.6 Å². The van der Waals surface area contributed by atoms with Crippen LogP contribution in [0.5, 0.6) is 0 Å². The van der Waals surface area contributed by atoms with E-state index in [-0.39, 0.29) is 17.8 Å². The number of nitrogens with one attached hydrogen (secondary N) is 1. The molecule has 1 amide bonds. The van der Waals surface area contributed by atoms with Crippen molar-refractivity contribution in [3.8, 4) is 0 Å². The first-order valence-corrected chi connectivity index (χ1v) is 7.84. The van der Waals surface area contributed by atoms with Crippen molar-refractivity contribution >= 4 is 6.09 Å². The maximum Gasteiger partial charge on any atom is 0.407 e. The van der Waals surface area contributed by atoms with Crippen LogP contribution in [0.2, 0.25) is 0 Å². The lowest BCUT2D eigenvalue weighted by molar-refractivity contribution is 0.147. The highest BCUT2D eigenvalue weighted by Crippen LogP contribution is 2.36. The Hall–Kier alpha value is -2.36. The van der Waals surface area contributed by atoms with Gasteiger partial charge in [0, 0.05) is 18.0 Å². The van der Waals surface area contributed by atoms with Crippen LogP contribution >= 0.6 is 0 Å². The van der Waals surface area contributed by atoms with E-state index in [1.165, 1.54) is 11.6 Å². The van der Waals surface area contributed by atoms with Gasteiger partial charge in [-0.25, -0.2) is 9.18 Å². The smallest absolute Gasteiger partial charge is 0.407 e. The maximum atomic E-state index is 13.5. The van der Waals surface area contributed by atoms with Crippen molar-refractivity contribution in [1.82, 2.24) is 5.32 Å². The molecule has 2 unspecified atom stereocenters. The second-order valence-corrected chi connectivity index (χ2v) is 5.73. The van der Waals surface area contributed by atoms with Gasteiger partial charge in [0.1, 0.15) is 5.82 Å². The zero-order valence-corrected chi connectivity index (χ0v) is 13.0. The first-order valence-electron chi connectivity index (χ1n) is 7.84. The van der Waals surface area contributed by atoms with E-state index in [0.717, 1.165) is 17.5 Å². The largest absolute Gasteiger partial charge is 0.450 e. The minimum Gasteiger partial charge on any atom is -0.450 e. The number of rotatable bonds is 4. The van der Waals surface area contributed by atoms with Crippen LogP contribution in [0, 0.1) is 11.9 Å². The van der Waals surface area contributed by atoms with E-state index in [9.17, 15) is 9.18 Å². The summed E-state index contributed by atoms with van der Waals surface area (Å²) in [5, 5.41) is 2.92. The van der Waals surface area contributed by atoms with E-state index >= 15 is 0 Å². The average molecular weight is 312 g/mol. The van der Waals surface area contributed by atoms with Crippen LogP contribution in [-0.4, -0.2) is 18.7 Å². The molecule has 3 nitrogen and oxygen atoms in total. The number of fused-ring (bicyclic) bond motifs is 1. The zero-order chi connectivity index (χ0) is 16.2. The van der Waals surface area contributed by atoms with Crippen LogP contribution in [0.3, 0.4) is 0 Å². The molecule has 1 N–H and O–H groups in total. The van der Waals surface area contributed by atoms with Crippen LogP contribution in [0.25, 0.3) is 0 Å². The lowest BCUT2D eigenvalue weighted by atomic mass is 9.91. The Balaban J connectivity index is 1.85. The Bertz CT molecular complexity index is 687. The van der Waals surface area contributed by atoms with Gasteiger partial charge in [-0.05, 0) is 48.6 Å². The third-order valence-corrected chi connectivity index (χ3v) is 4.24. The van der Waals surface area contributed by atoms with Crippen LogP contribution in [0.1, 0.15) is 29.5 Å². The highest BCUT2D eigenvalue weighted by molar-refractivity contribution is 5.68. The first kappa shape index (κ1) is 15.5. The molecule has 1 radical (unpaired) electrons. The number of hydrogen-bond donors (Lipinski definition) is 1. The summed E-state index contributed by atoms with van der Waals surface area (Å²) in [6.45, 7) is 2.10. The molecule has 0 aliphatic heterocycles. The Morgan fingerprint density at radius 1 is 1.39 bits per heavy atom. The van der Waals surface area contributed by atoms with E-state index < -0.39 is 6.09 Å². The van der Waals surface area contributed by atoms with E-state index in [4.69, 9.17) is 4.74 Å². The van der Waals surface area contributed by atoms with Gasteiger partial charge in [0.2, 0.25) is 0 Å². The van der Waals surface area contributed by atoms with Crippen molar-refractivity contribution in [2.24, 2.45) is 0 Å². The molecule has 0 bridgehead atoms. The molecule has 1 aliphatic rings. The van der Waals surface area contributed by atoms with Crippen molar-refractivity contribution in [3.05, 3.63) is 71.0 Å². The molecular formula is C19H19FNO2. The highest BCUT2D eigenvalue weighted by Gasteiger charge is 2.34. The third kappa shape index (κ3) is 3.52. The average Bonchev–Trinajstić information content (AvgIpc) is 2.85. The SMILES string of the molecule is CCOC(=O)NC1Cc2cc(F)[c]cc2C1Cc1ccccc1. The number of hydrogen-bond acceptors (Lipinski definition) is 2. The van der Waals surface area contributed by atoms with Gasteiger partial charge in [0.05, 0.1) is 6.61 Å². The first-order chi connectivity index (χ1) is 11.2. The fourth-order valence-corrected chi connectivity index (χ4v) is 3.23. The molecule has 0 saturated heterocycles. The second-order valence-electron chi connectivity index (χ2n) is 5.73. The van der Waals surface area contributed by atoms with Gasteiger partial charge in [-0.15, -0.1) is 0 Å². The molecule has 23 heavy (non-hydrogen) atoms. The normalized spacial score (nSPS) is 19.2. The minimum absolute atomic E-state index is 0.0913. The zero-order valence-electron chi connectivity index (χ0n) is 13.0. The monoisotopic (exact) mass is 312 g/mol. The summed E-state index contributed by atoms with van der Waals surface area (Å²) >= 11 is 0. The predicted octanol–water partition coefficient (Wildman–Crippen LogP) is 3.62. The van der Waals surface area contributed by atoms with Gasteiger partial charge in [-0.2, -0.15) is 0 Å². The summed E-state index contributed by atoms with van der Waals surface area (Å²) in [5.41, 5.74) is 3.17. The van der Waals surface area contributed by atoms with Gasteiger partial charge < -0.3 is 10.1 Å². The molecule has 119 valence electrons. The predicted molar refractivity (Wildman–Crippen MR) is 85.8 cm³/mol. The molecule has 2 aromatic carbocycles. The summed E-state index contributed by atoms with van der Waals surface area (Å²) in [6, 6.07) is 15.9. The lowest BCUT2D eigenvalue weighted by Crippen LogP contribution is -2.38. The summed E-state index contributed by atoms with van der Waals surface area (Å²) in [6.07, 6.45) is 0.967. The van der Waals surface area contributed by atoms with Crippen LogP contribution in [0.15, 0.2) is 42.5 Å².